The number of benzene rings is 3. The number of amides is 2. The summed E-state index contributed by atoms with van der Waals surface area (Å²) in [4.78, 5) is 26.7. The Labute approximate surface area is 171 Å². The third kappa shape index (κ3) is 5.69. The van der Waals surface area contributed by atoms with E-state index in [1.54, 1.807) is 24.3 Å². The minimum absolute atomic E-state index is 0.146. The lowest BCUT2D eigenvalue weighted by atomic mass is 10.1. The van der Waals surface area contributed by atoms with E-state index in [1.807, 2.05) is 73.6 Å². The summed E-state index contributed by atoms with van der Waals surface area (Å²) in [7, 11) is 3.93. The Hall–Kier alpha value is -3.60. The second-order valence-corrected chi connectivity index (χ2v) is 6.96. The van der Waals surface area contributed by atoms with Gasteiger partial charge in [-0.3, -0.25) is 9.59 Å². The molecule has 0 aliphatic rings. The molecule has 0 aromatic heterocycles. The van der Waals surface area contributed by atoms with Crippen LogP contribution < -0.4 is 15.5 Å². The molecular formula is C24H25N3O2. The standard InChI is InChI=1S/C24H25N3O2/c1-27(2)22-14-12-21(13-15-22)26-24(29)20-10-8-19(9-11-20)23(28)25-17-16-18-6-4-3-5-7-18/h3-15H,16-17H2,1-2H3,(H,25,28)(H,26,29). The molecule has 0 radical (unpaired) electrons. The van der Waals surface area contributed by atoms with Gasteiger partial charge in [-0.05, 0) is 60.5 Å². The smallest absolute Gasteiger partial charge is 0.255 e. The predicted molar refractivity (Wildman–Crippen MR) is 118 cm³/mol. The van der Waals surface area contributed by atoms with E-state index in [1.165, 1.54) is 5.56 Å². The molecular weight excluding hydrogens is 362 g/mol. The number of anilines is 2. The Morgan fingerprint density at radius 2 is 1.34 bits per heavy atom. The Kier molecular flexibility index (Phi) is 6.63. The first-order valence-corrected chi connectivity index (χ1v) is 9.54. The van der Waals surface area contributed by atoms with Crippen LogP contribution in [0.25, 0.3) is 0 Å². The average molecular weight is 387 g/mol. The van der Waals surface area contributed by atoms with Crippen LogP contribution in [0.5, 0.6) is 0 Å². The van der Waals surface area contributed by atoms with Gasteiger partial charge in [-0.25, -0.2) is 0 Å². The SMILES string of the molecule is CN(C)c1ccc(NC(=O)c2ccc(C(=O)NCCc3ccccc3)cc2)cc1. The lowest BCUT2D eigenvalue weighted by molar-refractivity contribution is 0.0952. The first-order valence-electron chi connectivity index (χ1n) is 9.54. The highest BCUT2D eigenvalue weighted by Crippen LogP contribution is 2.16. The molecule has 0 spiro atoms. The molecule has 3 aromatic rings. The molecule has 0 aliphatic heterocycles. The van der Waals surface area contributed by atoms with Crippen LogP contribution in [-0.2, 0) is 6.42 Å². The van der Waals surface area contributed by atoms with Gasteiger partial charge in [-0.2, -0.15) is 0 Å². The van der Waals surface area contributed by atoms with E-state index in [2.05, 4.69) is 10.6 Å². The molecule has 3 rings (SSSR count). The highest BCUT2D eigenvalue weighted by Gasteiger charge is 2.09. The summed E-state index contributed by atoms with van der Waals surface area (Å²) in [5.41, 5.74) is 4.00. The molecule has 5 heteroatoms. The fourth-order valence-corrected chi connectivity index (χ4v) is 2.89. The van der Waals surface area contributed by atoms with Gasteiger partial charge in [0.05, 0.1) is 0 Å². The summed E-state index contributed by atoms with van der Waals surface area (Å²) < 4.78 is 0. The molecule has 0 atom stereocenters. The summed E-state index contributed by atoms with van der Waals surface area (Å²) in [5, 5.41) is 5.77. The minimum Gasteiger partial charge on any atom is -0.378 e. The molecule has 29 heavy (non-hydrogen) atoms. The highest BCUT2D eigenvalue weighted by molar-refractivity contribution is 6.05. The largest absolute Gasteiger partial charge is 0.378 e. The zero-order valence-electron chi connectivity index (χ0n) is 16.7. The molecule has 2 amide bonds. The van der Waals surface area contributed by atoms with Crippen molar-refractivity contribution in [2.24, 2.45) is 0 Å². The van der Waals surface area contributed by atoms with Crippen molar-refractivity contribution in [1.29, 1.82) is 0 Å². The van der Waals surface area contributed by atoms with E-state index < -0.39 is 0 Å². The van der Waals surface area contributed by atoms with Gasteiger partial charge in [0.1, 0.15) is 0 Å². The maximum atomic E-state index is 12.4. The number of hydrogen-bond donors (Lipinski definition) is 2. The van der Waals surface area contributed by atoms with Crippen LogP contribution in [0.2, 0.25) is 0 Å². The number of carbonyl (C=O) groups is 2. The summed E-state index contributed by atoms with van der Waals surface area (Å²) in [6.07, 6.45) is 0.777. The quantitative estimate of drug-likeness (QED) is 0.645. The van der Waals surface area contributed by atoms with E-state index in [-0.39, 0.29) is 11.8 Å². The molecule has 2 N–H and O–H groups in total. The van der Waals surface area contributed by atoms with Crippen LogP contribution in [0.15, 0.2) is 78.9 Å². The maximum Gasteiger partial charge on any atom is 0.255 e. The van der Waals surface area contributed by atoms with E-state index in [0.29, 0.717) is 17.7 Å². The van der Waals surface area contributed by atoms with Gasteiger partial charge in [0.15, 0.2) is 0 Å². The summed E-state index contributed by atoms with van der Waals surface area (Å²) in [6.45, 7) is 0.564. The van der Waals surface area contributed by atoms with Gasteiger partial charge in [0.2, 0.25) is 0 Å². The van der Waals surface area contributed by atoms with Crippen LogP contribution >= 0.6 is 0 Å². The number of carbonyl (C=O) groups excluding carboxylic acids is 2. The topological polar surface area (TPSA) is 61.4 Å². The third-order valence-electron chi connectivity index (χ3n) is 4.59. The zero-order valence-corrected chi connectivity index (χ0v) is 16.7. The van der Waals surface area contributed by atoms with E-state index in [4.69, 9.17) is 0 Å². The second-order valence-electron chi connectivity index (χ2n) is 6.96. The summed E-state index contributed by atoms with van der Waals surface area (Å²) in [6, 6.07) is 24.3. The normalized spacial score (nSPS) is 10.3. The monoisotopic (exact) mass is 387 g/mol. The molecule has 0 saturated heterocycles. The Morgan fingerprint density at radius 3 is 1.93 bits per heavy atom. The Bertz CT molecular complexity index is 950. The zero-order chi connectivity index (χ0) is 20.6. The van der Waals surface area contributed by atoms with Gasteiger partial charge < -0.3 is 15.5 Å². The minimum atomic E-state index is -0.210. The molecule has 0 heterocycles. The van der Waals surface area contributed by atoms with Crippen molar-refractivity contribution in [2.45, 2.75) is 6.42 Å². The van der Waals surface area contributed by atoms with Gasteiger partial charge in [0, 0.05) is 43.1 Å². The Morgan fingerprint density at radius 1 is 0.759 bits per heavy atom. The molecule has 0 unspecified atom stereocenters. The van der Waals surface area contributed by atoms with Crippen molar-refractivity contribution in [3.8, 4) is 0 Å². The van der Waals surface area contributed by atoms with Crippen molar-refractivity contribution >= 4 is 23.2 Å². The number of nitrogens with one attached hydrogen (secondary N) is 2. The molecule has 5 nitrogen and oxygen atoms in total. The lowest BCUT2D eigenvalue weighted by Gasteiger charge is -2.13. The van der Waals surface area contributed by atoms with Gasteiger partial charge in [-0.1, -0.05) is 30.3 Å². The molecule has 0 fully saturated rings. The van der Waals surface area contributed by atoms with Gasteiger partial charge >= 0.3 is 0 Å². The molecule has 148 valence electrons. The second kappa shape index (κ2) is 9.55. The van der Waals surface area contributed by atoms with Crippen LogP contribution in [0.4, 0.5) is 11.4 Å². The van der Waals surface area contributed by atoms with Crippen LogP contribution in [0, 0.1) is 0 Å². The first kappa shape index (κ1) is 20.1. The van der Waals surface area contributed by atoms with Gasteiger partial charge in [0.25, 0.3) is 11.8 Å². The third-order valence-corrected chi connectivity index (χ3v) is 4.59. The van der Waals surface area contributed by atoms with Crippen molar-refractivity contribution in [3.63, 3.8) is 0 Å². The fraction of sp³-hybridized carbons (Fsp3) is 0.167. The van der Waals surface area contributed by atoms with E-state index in [0.717, 1.165) is 17.8 Å². The van der Waals surface area contributed by atoms with E-state index >= 15 is 0 Å². The lowest BCUT2D eigenvalue weighted by Crippen LogP contribution is -2.25. The highest BCUT2D eigenvalue weighted by atomic mass is 16.2. The van der Waals surface area contributed by atoms with Crippen molar-refractivity contribution in [3.05, 3.63) is 95.6 Å². The number of hydrogen-bond acceptors (Lipinski definition) is 3. The number of nitrogens with zero attached hydrogens (tertiary/aromatic N) is 1. The molecule has 0 saturated carbocycles. The Balaban J connectivity index is 1.53. The van der Waals surface area contributed by atoms with Crippen molar-refractivity contribution < 1.29 is 9.59 Å². The van der Waals surface area contributed by atoms with Crippen LogP contribution in [0.1, 0.15) is 26.3 Å². The van der Waals surface area contributed by atoms with Crippen molar-refractivity contribution in [1.82, 2.24) is 5.32 Å². The van der Waals surface area contributed by atoms with Crippen LogP contribution in [0.3, 0.4) is 0 Å². The maximum absolute atomic E-state index is 12.4. The predicted octanol–water partition coefficient (Wildman–Crippen LogP) is 3.98. The van der Waals surface area contributed by atoms with E-state index in [9.17, 15) is 9.59 Å². The number of rotatable bonds is 7. The molecule has 0 aliphatic carbocycles. The van der Waals surface area contributed by atoms with Gasteiger partial charge in [-0.15, -0.1) is 0 Å². The van der Waals surface area contributed by atoms with Crippen molar-refractivity contribution in [2.75, 3.05) is 30.9 Å². The molecule has 0 bridgehead atoms. The molecule has 3 aromatic carbocycles. The fourth-order valence-electron chi connectivity index (χ4n) is 2.89. The van der Waals surface area contributed by atoms with Crippen LogP contribution in [-0.4, -0.2) is 32.5 Å². The first-order chi connectivity index (χ1) is 14.0. The average Bonchev–Trinajstić information content (AvgIpc) is 2.75. The summed E-state index contributed by atoms with van der Waals surface area (Å²) >= 11 is 0. The summed E-state index contributed by atoms with van der Waals surface area (Å²) in [5.74, 6) is -0.356.